The summed E-state index contributed by atoms with van der Waals surface area (Å²) in [6.07, 6.45) is 0.905. The standard InChI is InChI=1S/C15H22BrN3O/c1-8(15(2,3)4)5-11(17)9-6-12-13(7-10(9)16)19-14(20)18-12/h6-8,11H,5,17H2,1-4H3,(H2,18,19,20). The van der Waals surface area contributed by atoms with Gasteiger partial charge in [-0.15, -0.1) is 0 Å². The van der Waals surface area contributed by atoms with E-state index in [4.69, 9.17) is 5.73 Å². The zero-order chi connectivity index (χ0) is 15.1. The van der Waals surface area contributed by atoms with Crippen LogP contribution in [0.1, 0.15) is 45.7 Å². The second-order valence-corrected chi connectivity index (χ2v) is 7.46. The third kappa shape index (κ3) is 3.15. The molecule has 0 fully saturated rings. The van der Waals surface area contributed by atoms with Gasteiger partial charge in [0.25, 0.3) is 0 Å². The highest BCUT2D eigenvalue weighted by Gasteiger charge is 2.24. The predicted molar refractivity (Wildman–Crippen MR) is 86.8 cm³/mol. The van der Waals surface area contributed by atoms with Crippen molar-refractivity contribution < 1.29 is 0 Å². The molecule has 0 bridgehead atoms. The molecular formula is C15H22BrN3O. The number of hydrogen-bond donors (Lipinski definition) is 3. The van der Waals surface area contributed by atoms with Crippen LogP contribution in [0.25, 0.3) is 11.0 Å². The van der Waals surface area contributed by atoms with Gasteiger partial charge >= 0.3 is 5.69 Å². The number of imidazole rings is 1. The summed E-state index contributed by atoms with van der Waals surface area (Å²) in [5, 5.41) is 0. The fourth-order valence-electron chi connectivity index (χ4n) is 2.22. The SMILES string of the molecule is CC(CC(N)c1cc2[nH]c(=O)[nH]c2cc1Br)C(C)(C)C. The highest BCUT2D eigenvalue weighted by molar-refractivity contribution is 9.10. The smallest absolute Gasteiger partial charge is 0.323 e. The van der Waals surface area contributed by atoms with Crippen LogP contribution >= 0.6 is 15.9 Å². The normalized spacial score (nSPS) is 15.5. The third-order valence-corrected chi connectivity index (χ3v) is 4.81. The van der Waals surface area contributed by atoms with E-state index in [0.29, 0.717) is 5.92 Å². The molecule has 1 aromatic carbocycles. The molecule has 2 atom stereocenters. The fourth-order valence-corrected chi connectivity index (χ4v) is 2.86. The minimum absolute atomic E-state index is 0.0543. The van der Waals surface area contributed by atoms with E-state index in [0.717, 1.165) is 27.5 Å². The number of aromatic amines is 2. The van der Waals surface area contributed by atoms with Crippen molar-refractivity contribution in [1.82, 2.24) is 9.97 Å². The van der Waals surface area contributed by atoms with Crippen molar-refractivity contribution in [2.75, 3.05) is 0 Å². The molecule has 1 aromatic heterocycles. The van der Waals surface area contributed by atoms with Crippen LogP contribution in [-0.4, -0.2) is 9.97 Å². The Hall–Kier alpha value is -1.07. The average Bonchev–Trinajstić information content (AvgIpc) is 2.65. The first-order valence-electron chi connectivity index (χ1n) is 6.85. The molecule has 0 spiro atoms. The largest absolute Gasteiger partial charge is 0.324 e. The quantitative estimate of drug-likeness (QED) is 0.797. The Balaban J connectivity index is 2.32. The van der Waals surface area contributed by atoms with Crippen molar-refractivity contribution in [2.45, 2.75) is 40.2 Å². The molecule has 1 heterocycles. The topological polar surface area (TPSA) is 74.7 Å². The number of nitrogens with one attached hydrogen (secondary N) is 2. The van der Waals surface area contributed by atoms with Gasteiger partial charge in [-0.05, 0) is 35.4 Å². The molecule has 4 N–H and O–H groups in total. The molecule has 0 saturated heterocycles. The summed E-state index contributed by atoms with van der Waals surface area (Å²) >= 11 is 3.55. The molecule has 0 aliphatic carbocycles. The number of rotatable bonds is 3. The Kier molecular flexibility index (Phi) is 4.12. The van der Waals surface area contributed by atoms with Gasteiger partial charge in [-0.2, -0.15) is 0 Å². The van der Waals surface area contributed by atoms with Gasteiger partial charge in [-0.25, -0.2) is 4.79 Å². The van der Waals surface area contributed by atoms with Crippen molar-refractivity contribution in [3.05, 3.63) is 32.7 Å². The van der Waals surface area contributed by atoms with Gasteiger partial charge in [-0.1, -0.05) is 43.6 Å². The Bertz CT molecular complexity index is 666. The Morgan fingerprint density at radius 3 is 2.35 bits per heavy atom. The number of halogens is 1. The lowest BCUT2D eigenvalue weighted by Crippen LogP contribution is -2.23. The molecule has 0 radical (unpaired) electrons. The van der Waals surface area contributed by atoms with Crippen LogP contribution in [0, 0.1) is 11.3 Å². The van der Waals surface area contributed by atoms with Crippen molar-refractivity contribution in [2.24, 2.45) is 17.1 Å². The van der Waals surface area contributed by atoms with E-state index in [1.165, 1.54) is 0 Å². The number of benzene rings is 1. The van der Waals surface area contributed by atoms with Crippen molar-refractivity contribution in [3.63, 3.8) is 0 Å². The van der Waals surface area contributed by atoms with Crippen LogP contribution in [0.3, 0.4) is 0 Å². The first kappa shape index (κ1) is 15.3. The first-order chi connectivity index (χ1) is 9.18. The van der Waals surface area contributed by atoms with Gasteiger partial charge in [0.1, 0.15) is 0 Å². The number of nitrogens with two attached hydrogens (primary N) is 1. The summed E-state index contributed by atoms with van der Waals surface area (Å²) in [6, 6.07) is 3.81. The van der Waals surface area contributed by atoms with Gasteiger partial charge in [-0.3, -0.25) is 0 Å². The predicted octanol–water partition coefficient (Wildman–Crippen LogP) is 3.69. The summed E-state index contributed by atoms with van der Waals surface area (Å²) in [7, 11) is 0. The Morgan fingerprint density at radius 1 is 1.25 bits per heavy atom. The molecule has 2 unspecified atom stereocenters. The molecule has 0 amide bonds. The van der Waals surface area contributed by atoms with Crippen LogP contribution < -0.4 is 11.4 Å². The molecule has 2 rings (SSSR count). The van der Waals surface area contributed by atoms with Crippen LogP contribution in [-0.2, 0) is 0 Å². The summed E-state index contributed by atoms with van der Waals surface area (Å²) in [5.74, 6) is 0.505. The summed E-state index contributed by atoms with van der Waals surface area (Å²) in [6.45, 7) is 8.91. The van der Waals surface area contributed by atoms with E-state index >= 15 is 0 Å². The number of aromatic nitrogens is 2. The lowest BCUT2D eigenvalue weighted by molar-refractivity contribution is 0.234. The monoisotopic (exact) mass is 339 g/mol. The highest BCUT2D eigenvalue weighted by atomic mass is 79.9. The van der Waals surface area contributed by atoms with Crippen LogP contribution in [0.15, 0.2) is 21.4 Å². The summed E-state index contributed by atoms with van der Waals surface area (Å²) in [4.78, 5) is 16.9. The summed E-state index contributed by atoms with van der Waals surface area (Å²) in [5.41, 5.74) is 9.02. The molecule has 2 aromatic rings. The van der Waals surface area contributed by atoms with E-state index in [-0.39, 0.29) is 17.1 Å². The molecule has 20 heavy (non-hydrogen) atoms. The van der Waals surface area contributed by atoms with Crippen LogP contribution in [0.2, 0.25) is 0 Å². The third-order valence-electron chi connectivity index (χ3n) is 4.12. The molecule has 5 heteroatoms. The second-order valence-electron chi connectivity index (χ2n) is 6.61. The maximum atomic E-state index is 11.3. The van der Waals surface area contributed by atoms with Crippen molar-refractivity contribution in [1.29, 1.82) is 0 Å². The molecule has 0 saturated carbocycles. The van der Waals surface area contributed by atoms with Gasteiger partial charge in [0.05, 0.1) is 11.0 Å². The maximum Gasteiger partial charge on any atom is 0.323 e. The van der Waals surface area contributed by atoms with Gasteiger partial charge in [0.15, 0.2) is 0 Å². The fraction of sp³-hybridized carbons (Fsp3) is 0.533. The van der Waals surface area contributed by atoms with Gasteiger partial charge < -0.3 is 15.7 Å². The lowest BCUT2D eigenvalue weighted by Gasteiger charge is -2.30. The number of fused-ring (bicyclic) bond motifs is 1. The zero-order valence-corrected chi connectivity index (χ0v) is 14.0. The number of H-pyrrole nitrogens is 2. The lowest BCUT2D eigenvalue weighted by atomic mass is 9.78. The molecule has 110 valence electrons. The molecule has 0 aliphatic heterocycles. The Morgan fingerprint density at radius 2 is 1.80 bits per heavy atom. The molecular weight excluding hydrogens is 318 g/mol. The minimum Gasteiger partial charge on any atom is -0.324 e. The van der Waals surface area contributed by atoms with E-state index in [1.807, 2.05) is 12.1 Å². The van der Waals surface area contributed by atoms with Crippen LogP contribution in [0.5, 0.6) is 0 Å². The van der Waals surface area contributed by atoms with E-state index in [9.17, 15) is 4.79 Å². The van der Waals surface area contributed by atoms with Gasteiger partial charge in [0.2, 0.25) is 0 Å². The maximum absolute atomic E-state index is 11.3. The van der Waals surface area contributed by atoms with E-state index in [2.05, 4.69) is 53.6 Å². The summed E-state index contributed by atoms with van der Waals surface area (Å²) < 4.78 is 0.939. The highest BCUT2D eigenvalue weighted by Crippen LogP contribution is 2.35. The zero-order valence-electron chi connectivity index (χ0n) is 12.4. The average molecular weight is 340 g/mol. The minimum atomic E-state index is -0.194. The molecule has 0 aliphatic rings. The van der Waals surface area contributed by atoms with E-state index < -0.39 is 0 Å². The van der Waals surface area contributed by atoms with Crippen molar-refractivity contribution >= 4 is 27.0 Å². The van der Waals surface area contributed by atoms with Crippen LogP contribution in [0.4, 0.5) is 0 Å². The number of hydrogen-bond acceptors (Lipinski definition) is 2. The first-order valence-corrected chi connectivity index (χ1v) is 7.65. The van der Waals surface area contributed by atoms with Gasteiger partial charge in [0, 0.05) is 10.5 Å². The molecule has 4 nitrogen and oxygen atoms in total. The van der Waals surface area contributed by atoms with Crippen molar-refractivity contribution in [3.8, 4) is 0 Å². The second kappa shape index (κ2) is 5.37. The Labute approximate surface area is 127 Å². The van der Waals surface area contributed by atoms with E-state index in [1.54, 1.807) is 0 Å².